The molecule has 13 nitrogen and oxygen atoms in total. The smallest absolute Gasteiger partial charge is 0.338 e. The largest absolute Gasteiger partial charge is 0.493 e. The molecule has 1 heterocycles. The molecule has 3 N–H and O–H groups in total. The van der Waals surface area contributed by atoms with Crippen LogP contribution in [0, 0.1) is 0 Å². The Hall–Kier alpha value is -5.85. The summed E-state index contributed by atoms with van der Waals surface area (Å²) < 4.78 is 27.1. The number of hydrogen-bond donors (Lipinski definition) is 3. The van der Waals surface area contributed by atoms with E-state index in [1.54, 1.807) is 87.5 Å². The van der Waals surface area contributed by atoms with Gasteiger partial charge >= 0.3 is 18.0 Å². The molecule has 0 saturated carbocycles. The van der Waals surface area contributed by atoms with Crippen molar-refractivity contribution in [1.29, 1.82) is 0 Å². The number of nitrogens with one attached hydrogen (secondary N) is 3. The lowest BCUT2D eigenvalue weighted by Gasteiger charge is -2.28. The number of hydrogen-bond acceptors (Lipinski definition) is 10. The summed E-state index contributed by atoms with van der Waals surface area (Å²) in [5.41, 5.74) is 5.66. The molecule has 4 rings (SSSR count). The molecule has 47 heavy (non-hydrogen) atoms. The van der Waals surface area contributed by atoms with Crippen molar-refractivity contribution in [2.24, 2.45) is 5.10 Å². The van der Waals surface area contributed by atoms with Gasteiger partial charge in [0.05, 0.1) is 43.7 Å². The predicted molar refractivity (Wildman–Crippen MR) is 171 cm³/mol. The maximum Gasteiger partial charge on any atom is 0.338 e. The van der Waals surface area contributed by atoms with Gasteiger partial charge in [-0.3, -0.25) is 4.79 Å². The van der Waals surface area contributed by atoms with Gasteiger partial charge in [0.25, 0.3) is 5.91 Å². The number of ether oxygens (including phenoxy) is 5. The molecule has 1 atom stereocenters. The Morgan fingerprint density at radius 1 is 0.915 bits per heavy atom. The third kappa shape index (κ3) is 9.33. The van der Waals surface area contributed by atoms with E-state index >= 15 is 0 Å². The second-order valence-electron chi connectivity index (χ2n) is 10.1. The topological polar surface area (TPSA) is 163 Å². The minimum atomic E-state index is -0.781. The van der Waals surface area contributed by atoms with Gasteiger partial charge in [-0.05, 0) is 73.9 Å². The standard InChI is InChI=1S/C34H36N4O9/c1-5-44-32(40)24-12-10-22(11-13-24)19-46-26-9-7-8-23(16-26)18-35-38-29(39)20-47-27-15-14-25(17-28(27)43-4)31-30(33(41)45-6-2)21(3)36-34(42)37-31/h7-18,31H,5-6,19-20H2,1-4H3,(H,38,39)(H2,36,37,42)/b35-18+/t31-/m0/s1. The van der Waals surface area contributed by atoms with Gasteiger partial charge in [0, 0.05) is 5.70 Å². The number of benzene rings is 3. The Balaban J connectivity index is 1.31. The summed E-state index contributed by atoms with van der Waals surface area (Å²) in [4.78, 5) is 49.0. The van der Waals surface area contributed by atoms with Crippen molar-refractivity contribution in [3.05, 3.63) is 100 Å². The summed E-state index contributed by atoms with van der Waals surface area (Å²) in [5, 5.41) is 9.31. The lowest BCUT2D eigenvalue weighted by molar-refractivity contribution is -0.139. The quantitative estimate of drug-likeness (QED) is 0.133. The highest BCUT2D eigenvalue weighted by Crippen LogP contribution is 2.34. The molecule has 0 fully saturated rings. The Kier molecular flexibility index (Phi) is 11.9. The molecule has 246 valence electrons. The number of allylic oxidation sites excluding steroid dienone is 1. The van der Waals surface area contributed by atoms with Crippen molar-refractivity contribution in [3.8, 4) is 17.2 Å². The first-order valence-corrected chi connectivity index (χ1v) is 14.8. The molecule has 1 aliphatic heterocycles. The maximum atomic E-state index is 12.6. The fourth-order valence-electron chi connectivity index (χ4n) is 4.56. The second-order valence-corrected chi connectivity index (χ2v) is 10.1. The van der Waals surface area contributed by atoms with E-state index in [0.29, 0.717) is 40.5 Å². The van der Waals surface area contributed by atoms with Crippen LogP contribution < -0.4 is 30.3 Å². The molecule has 0 radical (unpaired) electrons. The molecule has 3 aromatic carbocycles. The van der Waals surface area contributed by atoms with E-state index in [9.17, 15) is 19.2 Å². The van der Waals surface area contributed by atoms with Crippen molar-refractivity contribution >= 4 is 30.1 Å². The van der Waals surface area contributed by atoms with Crippen molar-refractivity contribution in [3.63, 3.8) is 0 Å². The molecule has 13 heteroatoms. The molecule has 3 amide bonds. The first-order chi connectivity index (χ1) is 22.7. The van der Waals surface area contributed by atoms with Crippen LogP contribution in [0.5, 0.6) is 17.2 Å². The molecule has 0 aromatic heterocycles. The van der Waals surface area contributed by atoms with Gasteiger partial charge in [-0.15, -0.1) is 0 Å². The zero-order valence-corrected chi connectivity index (χ0v) is 26.5. The van der Waals surface area contributed by atoms with Crippen molar-refractivity contribution in [2.45, 2.75) is 33.4 Å². The second kappa shape index (κ2) is 16.5. The number of esters is 2. The van der Waals surface area contributed by atoms with Gasteiger partial charge in [-0.25, -0.2) is 19.8 Å². The summed E-state index contributed by atoms with van der Waals surface area (Å²) in [5.74, 6) is -0.284. The fraction of sp³-hybridized carbons (Fsp3) is 0.265. The van der Waals surface area contributed by atoms with Gasteiger partial charge in [0.1, 0.15) is 12.4 Å². The first kappa shape index (κ1) is 34.0. The maximum absolute atomic E-state index is 12.6. The van der Waals surface area contributed by atoms with E-state index in [2.05, 4.69) is 21.2 Å². The first-order valence-electron chi connectivity index (χ1n) is 14.8. The molecule has 3 aromatic rings. The monoisotopic (exact) mass is 644 g/mol. The number of nitrogens with zero attached hydrogens (tertiary/aromatic N) is 1. The number of urea groups is 1. The highest BCUT2D eigenvalue weighted by atomic mass is 16.5. The van der Waals surface area contributed by atoms with E-state index in [0.717, 1.165) is 5.56 Å². The fourth-order valence-corrected chi connectivity index (χ4v) is 4.56. The van der Waals surface area contributed by atoms with Crippen LogP contribution in [0.2, 0.25) is 0 Å². The summed E-state index contributed by atoms with van der Waals surface area (Å²) in [6.07, 6.45) is 1.47. The van der Waals surface area contributed by atoms with Gasteiger partial charge in [-0.2, -0.15) is 5.10 Å². The van der Waals surface area contributed by atoms with Crippen LogP contribution in [-0.4, -0.2) is 57.0 Å². The number of methoxy groups -OCH3 is 1. The third-order valence-electron chi connectivity index (χ3n) is 6.78. The number of carbonyl (C=O) groups is 4. The summed E-state index contributed by atoms with van der Waals surface area (Å²) in [6.45, 7) is 5.49. The average Bonchev–Trinajstić information content (AvgIpc) is 3.06. The summed E-state index contributed by atoms with van der Waals surface area (Å²) >= 11 is 0. The van der Waals surface area contributed by atoms with Crippen LogP contribution in [0.25, 0.3) is 0 Å². The van der Waals surface area contributed by atoms with Crippen LogP contribution in [0.15, 0.2) is 83.1 Å². The molecule has 0 spiro atoms. The average molecular weight is 645 g/mol. The number of rotatable bonds is 14. The third-order valence-corrected chi connectivity index (χ3v) is 6.78. The highest BCUT2D eigenvalue weighted by Gasteiger charge is 2.32. The van der Waals surface area contributed by atoms with Gasteiger partial charge in [0.15, 0.2) is 18.1 Å². The highest BCUT2D eigenvalue weighted by molar-refractivity contribution is 5.95. The van der Waals surface area contributed by atoms with Crippen LogP contribution in [0.4, 0.5) is 4.79 Å². The molecule has 0 saturated heterocycles. The molecular weight excluding hydrogens is 608 g/mol. The SMILES string of the molecule is CCOC(=O)C1=C(C)NC(=O)N[C@H]1c1ccc(OCC(=O)N/N=C/c2cccc(OCc3ccc(C(=O)OCC)cc3)c2)c(OC)c1. The van der Waals surface area contributed by atoms with E-state index in [4.69, 9.17) is 23.7 Å². The van der Waals surface area contributed by atoms with E-state index < -0.39 is 23.9 Å². The van der Waals surface area contributed by atoms with Gasteiger partial charge in [0.2, 0.25) is 0 Å². The van der Waals surface area contributed by atoms with Crippen LogP contribution >= 0.6 is 0 Å². The number of amides is 3. The number of carbonyl (C=O) groups excluding carboxylic acids is 4. The van der Waals surface area contributed by atoms with Crippen LogP contribution in [-0.2, 0) is 25.7 Å². The predicted octanol–water partition coefficient (Wildman–Crippen LogP) is 4.17. The minimum absolute atomic E-state index is 0.177. The summed E-state index contributed by atoms with van der Waals surface area (Å²) in [6, 6.07) is 17.7. The minimum Gasteiger partial charge on any atom is -0.493 e. The lowest BCUT2D eigenvalue weighted by Crippen LogP contribution is -2.45. The zero-order valence-electron chi connectivity index (χ0n) is 26.5. The molecule has 1 aliphatic rings. The molecule has 0 aliphatic carbocycles. The number of hydrazone groups is 1. The van der Waals surface area contributed by atoms with Crippen LogP contribution in [0.1, 0.15) is 53.9 Å². The molecular formula is C34H36N4O9. The van der Waals surface area contributed by atoms with E-state index in [1.807, 2.05) is 0 Å². The van der Waals surface area contributed by atoms with E-state index in [-0.39, 0.29) is 37.1 Å². The van der Waals surface area contributed by atoms with Gasteiger partial charge < -0.3 is 34.3 Å². The lowest BCUT2D eigenvalue weighted by atomic mass is 9.95. The van der Waals surface area contributed by atoms with E-state index in [1.165, 1.54) is 13.3 Å². The Morgan fingerprint density at radius 2 is 1.66 bits per heavy atom. The van der Waals surface area contributed by atoms with Crippen molar-refractivity contribution < 1.29 is 42.9 Å². The Morgan fingerprint density at radius 3 is 2.38 bits per heavy atom. The Bertz CT molecular complexity index is 1670. The van der Waals surface area contributed by atoms with Crippen LogP contribution in [0.3, 0.4) is 0 Å². The normalized spacial score (nSPS) is 14.1. The van der Waals surface area contributed by atoms with Crippen molar-refractivity contribution in [2.75, 3.05) is 26.9 Å². The van der Waals surface area contributed by atoms with Gasteiger partial charge in [-0.1, -0.05) is 30.3 Å². The summed E-state index contributed by atoms with van der Waals surface area (Å²) in [7, 11) is 1.43. The molecule has 0 unspecified atom stereocenters. The zero-order chi connectivity index (χ0) is 33.8. The molecule has 0 bridgehead atoms. The Labute approximate surface area is 271 Å². The van der Waals surface area contributed by atoms with Crippen molar-refractivity contribution in [1.82, 2.24) is 16.1 Å².